The molecular weight excluding hydrogens is 404 g/mol. The summed E-state index contributed by atoms with van der Waals surface area (Å²) in [6, 6.07) is 1.30. The maximum Gasteiger partial charge on any atom is 0.407 e. The number of anilines is 1. The highest BCUT2D eigenvalue weighted by atomic mass is 79.9. The van der Waals surface area contributed by atoms with Crippen molar-refractivity contribution in [3.8, 4) is 0 Å². The first-order chi connectivity index (χ1) is 10.9. The molecule has 0 saturated carbocycles. The highest BCUT2D eigenvalue weighted by molar-refractivity contribution is 9.10. The first kappa shape index (κ1) is 20.6. The summed E-state index contributed by atoms with van der Waals surface area (Å²) in [6.07, 6.45) is -0.480. The van der Waals surface area contributed by atoms with Gasteiger partial charge in [0.05, 0.1) is 6.10 Å². The Labute approximate surface area is 149 Å². The average molecular weight is 425 g/mol. The number of rotatable bonds is 6. The molecule has 0 radical (unpaired) electrons. The van der Waals surface area contributed by atoms with Crippen molar-refractivity contribution in [3.05, 3.63) is 16.7 Å². The fourth-order valence-corrected chi connectivity index (χ4v) is 3.18. The van der Waals surface area contributed by atoms with E-state index in [-0.39, 0.29) is 23.8 Å². The molecule has 0 fully saturated rings. The van der Waals surface area contributed by atoms with Gasteiger partial charge >= 0.3 is 6.09 Å². The number of halogens is 1. The van der Waals surface area contributed by atoms with Gasteiger partial charge in [-0.15, -0.1) is 0 Å². The summed E-state index contributed by atoms with van der Waals surface area (Å²) < 4.78 is 32.0. The molecule has 0 aliphatic carbocycles. The van der Waals surface area contributed by atoms with Crippen LogP contribution in [0.25, 0.3) is 0 Å². The lowest BCUT2D eigenvalue weighted by atomic mass is 10.2. The zero-order valence-corrected chi connectivity index (χ0v) is 15.9. The molecule has 1 aromatic rings. The fourth-order valence-electron chi connectivity index (χ4n) is 1.52. The number of amides is 1. The minimum absolute atomic E-state index is 0.160. The first-order valence-electron chi connectivity index (χ1n) is 6.96. The van der Waals surface area contributed by atoms with Gasteiger partial charge in [0.15, 0.2) is 0 Å². The number of nitrogens with one attached hydrogen (secondary N) is 2. The number of alkyl carbamates (subject to hydrolysis) is 1. The van der Waals surface area contributed by atoms with Gasteiger partial charge < -0.3 is 20.9 Å². The number of hydrogen-bond acceptors (Lipinski definition) is 7. The number of pyridine rings is 1. The molecule has 11 heteroatoms. The summed E-state index contributed by atoms with van der Waals surface area (Å²) in [5, 5.41) is 12.1. The lowest BCUT2D eigenvalue weighted by Gasteiger charge is -2.20. The van der Waals surface area contributed by atoms with Crippen LogP contribution in [0.3, 0.4) is 0 Å². The lowest BCUT2D eigenvalue weighted by molar-refractivity contribution is 0.0494. The van der Waals surface area contributed by atoms with Crippen LogP contribution in [-0.2, 0) is 14.8 Å². The molecule has 0 saturated heterocycles. The van der Waals surface area contributed by atoms with Crippen LogP contribution >= 0.6 is 15.9 Å². The van der Waals surface area contributed by atoms with Crippen LogP contribution < -0.4 is 15.8 Å². The van der Waals surface area contributed by atoms with Crippen molar-refractivity contribution in [1.29, 1.82) is 0 Å². The fraction of sp³-hybridized carbons (Fsp3) is 0.538. The van der Waals surface area contributed by atoms with Crippen LogP contribution in [0.4, 0.5) is 10.6 Å². The van der Waals surface area contributed by atoms with Gasteiger partial charge in [0, 0.05) is 23.8 Å². The monoisotopic (exact) mass is 424 g/mol. The maximum absolute atomic E-state index is 12.2. The molecule has 0 bridgehead atoms. The third-order valence-corrected chi connectivity index (χ3v) is 4.41. The van der Waals surface area contributed by atoms with Crippen LogP contribution in [0.15, 0.2) is 21.6 Å². The number of nitrogen functional groups attached to an aromatic ring is 1. The molecule has 1 unspecified atom stereocenters. The summed E-state index contributed by atoms with van der Waals surface area (Å²) in [4.78, 5) is 15.0. The quantitative estimate of drug-likeness (QED) is 0.522. The maximum atomic E-state index is 12.2. The van der Waals surface area contributed by atoms with Crippen molar-refractivity contribution in [3.63, 3.8) is 0 Å². The second-order valence-corrected chi connectivity index (χ2v) is 8.58. The Morgan fingerprint density at radius 3 is 2.67 bits per heavy atom. The number of carbonyl (C=O) groups excluding carboxylic acids is 1. The van der Waals surface area contributed by atoms with E-state index in [9.17, 15) is 18.3 Å². The molecule has 5 N–H and O–H groups in total. The van der Waals surface area contributed by atoms with Gasteiger partial charge in [-0.1, -0.05) is 0 Å². The Morgan fingerprint density at radius 1 is 1.46 bits per heavy atom. The standard InChI is InChI=1S/C13H21BrN4O5S/c1-13(2,3)23-12(20)17-6-9(19)7-18-24(21,22)10-4-8(14)5-16-11(10)15/h4-5,9,18-19H,6-7H2,1-3H3,(H2,15,16)(H,17,20). The molecule has 0 spiro atoms. The topological polar surface area (TPSA) is 144 Å². The second-order valence-electron chi connectivity index (χ2n) is 5.93. The summed E-state index contributed by atoms with van der Waals surface area (Å²) >= 11 is 3.11. The SMILES string of the molecule is CC(C)(C)OC(=O)NCC(O)CNS(=O)(=O)c1cc(Br)cnc1N. The molecule has 1 heterocycles. The molecule has 9 nitrogen and oxygen atoms in total. The molecule has 24 heavy (non-hydrogen) atoms. The van der Waals surface area contributed by atoms with Crippen molar-refractivity contribution >= 4 is 37.9 Å². The summed E-state index contributed by atoms with van der Waals surface area (Å²) in [7, 11) is -3.95. The highest BCUT2D eigenvalue weighted by Crippen LogP contribution is 2.20. The molecule has 0 aliphatic heterocycles. The Bertz CT molecular complexity index is 690. The van der Waals surface area contributed by atoms with Crippen LogP contribution in [0, 0.1) is 0 Å². The number of hydrogen-bond donors (Lipinski definition) is 4. The van der Waals surface area contributed by atoms with E-state index in [1.54, 1.807) is 20.8 Å². The second kappa shape index (κ2) is 8.10. The third kappa shape index (κ3) is 6.99. The van der Waals surface area contributed by atoms with Gasteiger partial charge in [-0.2, -0.15) is 0 Å². The zero-order chi connectivity index (χ0) is 18.5. The molecule has 0 aromatic carbocycles. The minimum Gasteiger partial charge on any atom is -0.444 e. The zero-order valence-electron chi connectivity index (χ0n) is 13.5. The van der Waals surface area contributed by atoms with E-state index in [2.05, 4.69) is 31.0 Å². The largest absolute Gasteiger partial charge is 0.444 e. The Kier molecular flexibility index (Phi) is 6.96. The summed E-state index contributed by atoms with van der Waals surface area (Å²) in [5.41, 5.74) is 4.89. The predicted molar refractivity (Wildman–Crippen MR) is 91.8 cm³/mol. The van der Waals surface area contributed by atoms with E-state index in [1.165, 1.54) is 12.3 Å². The van der Waals surface area contributed by atoms with E-state index in [1.807, 2.05) is 0 Å². The minimum atomic E-state index is -3.95. The molecule has 0 aliphatic rings. The van der Waals surface area contributed by atoms with Gasteiger partial charge in [0.1, 0.15) is 16.3 Å². The van der Waals surface area contributed by atoms with Gasteiger partial charge in [0.25, 0.3) is 0 Å². The predicted octanol–water partition coefficient (Wildman–Crippen LogP) is 0.590. The molecular formula is C13H21BrN4O5S. The number of aliphatic hydroxyl groups is 1. The third-order valence-electron chi connectivity index (χ3n) is 2.53. The first-order valence-corrected chi connectivity index (χ1v) is 9.24. The Balaban J connectivity index is 2.56. The van der Waals surface area contributed by atoms with E-state index in [0.29, 0.717) is 4.47 Å². The number of nitrogens with zero attached hydrogens (tertiary/aromatic N) is 1. The molecule has 1 rings (SSSR count). The van der Waals surface area contributed by atoms with Gasteiger partial charge in [-0.3, -0.25) is 0 Å². The molecule has 1 aromatic heterocycles. The van der Waals surface area contributed by atoms with E-state index >= 15 is 0 Å². The lowest BCUT2D eigenvalue weighted by Crippen LogP contribution is -2.41. The molecule has 1 amide bonds. The van der Waals surface area contributed by atoms with Crippen LogP contribution in [0.5, 0.6) is 0 Å². The smallest absolute Gasteiger partial charge is 0.407 e. The normalized spacial score (nSPS) is 13.4. The van der Waals surface area contributed by atoms with Crippen molar-refractivity contribution in [1.82, 2.24) is 15.0 Å². The van der Waals surface area contributed by atoms with Crippen molar-refractivity contribution in [2.75, 3.05) is 18.8 Å². The average Bonchev–Trinajstić information content (AvgIpc) is 2.43. The molecule has 1 atom stereocenters. The van der Waals surface area contributed by atoms with Crippen molar-refractivity contribution in [2.24, 2.45) is 0 Å². The van der Waals surface area contributed by atoms with E-state index < -0.39 is 27.8 Å². The van der Waals surface area contributed by atoms with Gasteiger partial charge in [0.2, 0.25) is 10.0 Å². The highest BCUT2D eigenvalue weighted by Gasteiger charge is 2.21. The number of ether oxygens (including phenoxy) is 1. The Morgan fingerprint density at radius 2 is 2.08 bits per heavy atom. The summed E-state index contributed by atoms with van der Waals surface area (Å²) in [6.45, 7) is 4.61. The van der Waals surface area contributed by atoms with Gasteiger partial charge in [-0.05, 0) is 42.8 Å². The number of sulfonamides is 1. The van der Waals surface area contributed by atoms with Crippen molar-refractivity contribution in [2.45, 2.75) is 37.4 Å². The number of aromatic nitrogens is 1. The summed E-state index contributed by atoms with van der Waals surface area (Å²) in [5.74, 6) is -0.160. The Hall–Kier alpha value is -1.43. The van der Waals surface area contributed by atoms with Crippen LogP contribution in [0.1, 0.15) is 20.8 Å². The van der Waals surface area contributed by atoms with Gasteiger partial charge in [-0.25, -0.2) is 22.9 Å². The van der Waals surface area contributed by atoms with E-state index in [0.717, 1.165) is 0 Å². The van der Waals surface area contributed by atoms with Crippen LogP contribution in [-0.4, -0.2) is 49.4 Å². The number of aliphatic hydroxyl groups excluding tert-OH is 1. The number of carbonyl (C=O) groups is 1. The van der Waals surface area contributed by atoms with E-state index in [4.69, 9.17) is 10.5 Å². The van der Waals surface area contributed by atoms with Crippen LogP contribution in [0.2, 0.25) is 0 Å². The number of nitrogens with two attached hydrogens (primary N) is 1. The van der Waals surface area contributed by atoms with Crippen molar-refractivity contribution < 1.29 is 23.1 Å². The molecule has 136 valence electrons.